The van der Waals surface area contributed by atoms with Crippen LogP contribution in [0.1, 0.15) is 40.1 Å². The minimum Gasteiger partial charge on any atom is -0.493 e. The van der Waals surface area contributed by atoms with E-state index >= 15 is 0 Å². The van der Waals surface area contributed by atoms with Crippen LogP contribution in [0.5, 0.6) is 5.75 Å². The fourth-order valence-corrected chi connectivity index (χ4v) is 2.62. The number of ether oxygens (including phenoxy) is 1. The van der Waals surface area contributed by atoms with Crippen LogP contribution in [0.2, 0.25) is 5.02 Å². The number of carboxylic acid groups (broad SMARTS) is 1. The number of nitrogens with one attached hydrogen (secondary N) is 1. The third kappa shape index (κ3) is 5.22. The molecule has 1 unspecified atom stereocenters. The second kappa shape index (κ2) is 8.53. The fourth-order valence-electron chi connectivity index (χ4n) is 2.45. The minimum absolute atomic E-state index is 0.142. The normalized spacial score (nSPS) is 11.6. The molecule has 0 heterocycles. The van der Waals surface area contributed by atoms with Gasteiger partial charge in [0.25, 0.3) is 5.91 Å². The summed E-state index contributed by atoms with van der Waals surface area (Å²) in [5, 5.41) is 12.3. The Morgan fingerprint density at radius 1 is 1.20 bits per heavy atom. The summed E-state index contributed by atoms with van der Waals surface area (Å²) in [4.78, 5) is 23.4. The lowest BCUT2D eigenvalue weighted by Crippen LogP contribution is -2.34. The topological polar surface area (TPSA) is 75.6 Å². The van der Waals surface area contributed by atoms with Gasteiger partial charge in [0.05, 0.1) is 17.7 Å². The highest BCUT2D eigenvalue weighted by atomic mass is 35.5. The molecule has 1 atom stereocenters. The quantitative estimate of drug-likeness (QED) is 0.786. The van der Waals surface area contributed by atoms with E-state index in [-0.39, 0.29) is 17.5 Å². The van der Waals surface area contributed by atoms with Gasteiger partial charge in [0.2, 0.25) is 0 Å². The average Bonchev–Trinajstić information content (AvgIpc) is 2.57. The van der Waals surface area contributed by atoms with E-state index < -0.39 is 5.97 Å². The highest BCUT2D eigenvalue weighted by Gasteiger charge is 2.16. The molecule has 0 aliphatic carbocycles. The summed E-state index contributed by atoms with van der Waals surface area (Å²) in [7, 11) is 0. The van der Waals surface area contributed by atoms with Gasteiger partial charge in [-0.1, -0.05) is 23.7 Å². The predicted octanol–water partition coefficient (Wildman–Crippen LogP) is 3.80. The summed E-state index contributed by atoms with van der Waals surface area (Å²) in [6.45, 7) is 4.18. The third-order valence-corrected chi connectivity index (χ3v) is 3.84. The molecule has 2 aromatic carbocycles. The summed E-state index contributed by atoms with van der Waals surface area (Å²) < 4.78 is 5.47. The summed E-state index contributed by atoms with van der Waals surface area (Å²) >= 11 is 5.98. The van der Waals surface area contributed by atoms with Gasteiger partial charge in [-0.05, 0) is 56.2 Å². The van der Waals surface area contributed by atoms with Crippen molar-refractivity contribution in [1.82, 2.24) is 5.32 Å². The van der Waals surface area contributed by atoms with Gasteiger partial charge in [0.15, 0.2) is 0 Å². The maximum Gasteiger partial charge on any atom is 0.335 e. The van der Waals surface area contributed by atoms with Crippen LogP contribution < -0.4 is 10.1 Å². The van der Waals surface area contributed by atoms with E-state index in [9.17, 15) is 9.59 Å². The molecule has 5 nitrogen and oxygen atoms in total. The van der Waals surface area contributed by atoms with E-state index in [4.69, 9.17) is 21.4 Å². The monoisotopic (exact) mass is 361 g/mol. The molecule has 132 valence electrons. The molecule has 1 amide bonds. The number of benzene rings is 2. The molecule has 2 N–H and O–H groups in total. The highest BCUT2D eigenvalue weighted by Crippen LogP contribution is 2.23. The zero-order chi connectivity index (χ0) is 18.4. The molecule has 25 heavy (non-hydrogen) atoms. The molecule has 0 saturated heterocycles. The number of halogens is 1. The van der Waals surface area contributed by atoms with Gasteiger partial charge in [-0.25, -0.2) is 4.79 Å². The Labute approximate surface area is 151 Å². The SMILES string of the molecule is CCOc1ccc(Cl)cc1C(=O)NC(C)Cc1ccc(C(=O)O)cc1. The minimum atomic E-state index is -0.961. The van der Waals surface area contributed by atoms with Gasteiger partial charge in [-0.3, -0.25) is 4.79 Å². The molecule has 0 radical (unpaired) electrons. The number of carbonyl (C=O) groups is 2. The maximum atomic E-state index is 12.5. The molecule has 6 heteroatoms. The molecule has 2 rings (SSSR count). The molecule has 0 aliphatic rings. The lowest BCUT2D eigenvalue weighted by Gasteiger charge is -2.16. The second-order valence-corrected chi connectivity index (χ2v) is 6.09. The second-order valence-electron chi connectivity index (χ2n) is 5.65. The van der Waals surface area contributed by atoms with Crippen molar-refractivity contribution >= 4 is 23.5 Å². The zero-order valence-electron chi connectivity index (χ0n) is 14.1. The number of carbonyl (C=O) groups excluding carboxylic acids is 1. The number of aromatic carboxylic acids is 1. The first-order chi connectivity index (χ1) is 11.9. The van der Waals surface area contributed by atoms with Gasteiger partial charge >= 0.3 is 5.97 Å². The molecule has 2 aromatic rings. The number of carboxylic acids is 1. The van der Waals surface area contributed by atoms with Crippen molar-refractivity contribution in [1.29, 1.82) is 0 Å². The number of amides is 1. The summed E-state index contributed by atoms with van der Waals surface area (Å²) in [6.07, 6.45) is 0.580. The Morgan fingerprint density at radius 3 is 2.48 bits per heavy atom. The van der Waals surface area contributed by atoms with Crippen LogP contribution in [-0.4, -0.2) is 29.6 Å². The van der Waals surface area contributed by atoms with Gasteiger partial charge in [0.1, 0.15) is 5.75 Å². The lowest BCUT2D eigenvalue weighted by atomic mass is 10.0. The maximum absolute atomic E-state index is 12.5. The molecule has 0 aromatic heterocycles. The Kier molecular flexibility index (Phi) is 6.42. The van der Waals surface area contributed by atoms with Crippen molar-refractivity contribution in [3.8, 4) is 5.75 Å². The van der Waals surface area contributed by atoms with E-state index in [0.29, 0.717) is 29.4 Å². The first-order valence-corrected chi connectivity index (χ1v) is 8.34. The Balaban J connectivity index is 2.04. The van der Waals surface area contributed by atoms with Crippen LogP contribution in [0.4, 0.5) is 0 Å². The number of rotatable bonds is 7. The Morgan fingerprint density at radius 2 is 1.88 bits per heavy atom. The van der Waals surface area contributed by atoms with Crippen LogP contribution >= 0.6 is 11.6 Å². The molecule has 0 spiro atoms. The smallest absolute Gasteiger partial charge is 0.335 e. The first-order valence-electron chi connectivity index (χ1n) is 7.96. The highest BCUT2D eigenvalue weighted by molar-refractivity contribution is 6.31. The van der Waals surface area contributed by atoms with Crippen molar-refractivity contribution in [3.05, 3.63) is 64.2 Å². The lowest BCUT2D eigenvalue weighted by molar-refractivity contribution is 0.0696. The van der Waals surface area contributed by atoms with Crippen LogP contribution in [-0.2, 0) is 6.42 Å². The van der Waals surface area contributed by atoms with E-state index in [1.807, 2.05) is 13.8 Å². The molecule has 0 fully saturated rings. The van der Waals surface area contributed by atoms with Crippen LogP contribution in [0.15, 0.2) is 42.5 Å². The molecule has 0 bridgehead atoms. The van der Waals surface area contributed by atoms with E-state index in [1.165, 1.54) is 0 Å². The molecular weight excluding hydrogens is 342 g/mol. The van der Waals surface area contributed by atoms with Crippen molar-refractivity contribution in [2.45, 2.75) is 26.3 Å². The zero-order valence-corrected chi connectivity index (χ0v) is 14.8. The predicted molar refractivity (Wildman–Crippen MR) is 96.7 cm³/mol. The largest absolute Gasteiger partial charge is 0.493 e. The average molecular weight is 362 g/mol. The van der Waals surface area contributed by atoms with E-state index in [2.05, 4.69) is 5.32 Å². The van der Waals surface area contributed by atoms with Crippen molar-refractivity contribution < 1.29 is 19.4 Å². The Hall–Kier alpha value is -2.53. The van der Waals surface area contributed by atoms with Crippen LogP contribution in [0.3, 0.4) is 0 Å². The Bertz CT molecular complexity index is 759. The molecule has 0 aliphatic heterocycles. The number of hydrogen-bond donors (Lipinski definition) is 2. The summed E-state index contributed by atoms with van der Waals surface area (Å²) in [5.41, 5.74) is 1.57. The van der Waals surface area contributed by atoms with Gasteiger partial charge in [-0.2, -0.15) is 0 Å². The van der Waals surface area contributed by atoms with Gasteiger partial charge in [0, 0.05) is 11.1 Å². The van der Waals surface area contributed by atoms with Gasteiger partial charge < -0.3 is 15.2 Å². The standard InChI is InChI=1S/C19H20ClNO4/c1-3-25-17-9-8-15(20)11-16(17)18(22)21-12(2)10-13-4-6-14(7-5-13)19(23)24/h4-9,11-12H,3,10H2,1-2H3,(H,21,22)(H,23,24). The van der Waals surface area contributed by atoms with Crippen LogP contribution in [0, 0.1) is 0 Å². The van der Waals surface area contributed by atoms with Crippen molar-refractivity contribution in [2.24, 2.45) is 0 Å². The van der Waals surface area contributed by atoms with Crippen molar-refractivity contribution in [3.63, 3.8) is 0 Å². The molecular formula is C19H20ClNO4. The number of hydrogen-bond acceptors (Lipinski definition) is 3. The first kappa shape index (κ1) is 18.8. The van der Waals surface area contributed by atoms with Crippen LogP contribution in [0.25, 0.3) is 0 Å². The summed E-state index contributed by atoms with van der Waals surface area (Å²) in [6, 6.07) is 11.4. The fraction of sp³-hybridized carbons (Fsp3) is 0.263. The molecule has 0 saturated carbocycles. The summed E-state index contributed by atoms with van der Waals surface area (Å²) in [5.74, 6) is -0.736. The third-order valence-electron chi connectivity index (χ3n) is 3.61. The van der Waals surface area contributed by atoms with E-state index in [1.54, 1.807) is 42.5 Å². The van der Waals surface area contributed by atoms with Gasteiger partial charge in [-0.15, -0.1) is 0 Å². The van der Waals surface area contributed by atoms with E-state index in [0.717, 1.165) is 5.56 Å². The van der Waals surface area contributed by atoms with Crippen molar-refractivity contribution in [2.75, 3.05) is 6.61 Å².